The molecule has 2 heterocycles. The molecule has 2 amide bonds. The fraction of sp³-hybridized carbons (Fsp3) is 0.556. The van der Waals surface area contributed by atoms with Crippen molar-refractivity contribution in [1.82, 2.24) is 25.1 Å². The lowest BCUT2D eigenvalue weighted by atomic mass is 10.1. The topological polar surface area (TPSA) is 64.3 Å². The third-order valence-electron chi connectivity index (χ3n) is 4.50. The minimum absolute atomic E-state index is 0.0702. The van der Waals surface area contributed by atoms with Gasteiger partial charge < -0.3 is 20.1 Å². The van der Waals surface area contributed by atoms with E-state index < -0.39 is 0 Å². The van der Waals surface area contributed by atoms with Crippen LogP contribution in [-0.2, 0) is 6.42 Å². The van der Waals surface area contributed by atoms with Gasteiger partial charge in [-0.1, -0.05) is 12.1 Å². The Kier molecular flexibility index (Phi) is 5.35. The zero-order valence-corrected chi connectivity index (χ0v) is 14.6. The van der Waals surface area contributed by atoms with E-state index in [0.717, 1.165) is 55.8 Å². The number of benzene rings is 1. The molecule has 1 unspecified atom stereocenters. The molecule has 1 aromatic carbocycles. The molecule has 0 bridgehead atoms. The van der Waals surface area contributed by atoms with Crippen molar-refractivity contribution in [2.24, 2.45) is 5.92 Å². The van der Waals surface area contributed by atoms with Crippen LogP contribution in [0.5, 0.6) is 0 Å². The van der Waals surface area contributed by atoms with Crippen LogP contribution in [0.4, 0.5) is 4.79 Å². The molecule has 1 saturated heterocycles. The molecule has 0 spiro atoms. The van der Waals surface area contributed by atoms with E-state index in [1.165, 1.54) is 0 Å². The van der Waals surface area contributed by atoms with Crippen LogP contribution in [0.25, 0.3) is 11.0 Å². The van der Waals surface area contributed by atoms with Gasteiger partial charge in [-0.25, -0.2) is 9.78 Å². The first-order valence-electron chi connectivity index (χ1n) is 8.73. The van der Waals surface area contributed by atoms with Crippen molar-refractivity contribution >= 4 is 17.1 Å². The van der Waals surface area contributed by atoms with Crippen LogP contribution in [0.3, 0.4) is 0 Å². The Labute approximate surface area is 143 Å². The summed E-state index contributed by atoms with van der Waals surface area (Å²) in [6, 6.07) is 8.11. The average molecular weight is 329 g/mol. The van der Waals surface area contributed by atoms with Gasteiger partial charge in [0.2, 0.25) is 0 Å². The van der Waals surface area contributed by atoms with Gasteiger partial charge in [-0.3, -0.25) is 0 Å². The lowest BCUT2D eigenvalue weighted by Crippen LogP contribution is -2.39. The summed E-state index contributed by atoms with van der Waals surface area (Å²) in [5.74, 6) is 1.58. The van der Waals surface area contributed by atoms with Crippen LogP contribution in [0, 0.1) is 5.92 Å². The van der Waals surface area contributed by atoms with Crippen molar-refractivity contribution in [2.45, 2.75) is 19.3 Å². The normalized spacial score (nSPS) is 17.8. The van der Waals surface area contributed by atoms with E-state index in [-0.39, 0.29) is 6.03 Å². The zero-order valence-electron chi connectivity index (χ0n) is 14.6. The Morgan fingerprint density at radius 3 is 3.04 bits per heavy atom. The maximum atomic E-state index is 12.2. The highest BCUT2D eigenvalue weighted by Crippen LogP contribution is 2.16. The molecule has 6 nitrogen and oxygen atoms in total. The third-order valence-corrected chi connectivity index (χ3v) is 4.50. The molecule has 1 aliphatic heterocycles. The third kappa shape index (κ3) is 4.26. The second kappa shape index (κ2) is 7.66. The lowest BCUT2D eigenvalue weighted by molar-refractivity contribution is 0.205. The first-order valence-corrected chi connectivity index (χ1v) is 8.73. The number of para-hydroxylation sites is 2. The van der Waals surface area contributed by atoms with Crippen molar-refractivity contribution < 1.29 is 4.79 Å². The summed E-state index contributed by atoms with van der Waals surface area (Å²) in [5, 5.41) is 3.03. The predicted octanol–water partition coefficient (Wildman–Crippen LogP) is 2.09. The number of nitrogens with one attached hydrogen (secondary N) is 2. The van der Waals surface area contributed by atoms with Crippen LogP contribution in [-0.4, -0.2) is 66.1 Å². The van der Waals surface area contributed by atoms with Gasteiger partial charge in [0.15, 0.2) is 0 Å². The van der Waals surface area contributed by atoms with Crippen LogP contribution < -0.4 is 5.32 Å². The molecule has 1 fully saturated rings. The Bertz CT molecular complexity index is 648. The largest absolute Gasteiger partial charge is 0.342 e. The van der Waals surface area contributed by atoms with E-state index in [0.29, 0.717) is 12.5 Å². The minimum Gasteiger partial charge on any atom is -0.342 e. The number of imidazole rings is 1. The number of urea groups is 1. The lowest BCUT2D eigenvalue weighted by Gasteiger charge is -2.19. The molecular weight excluding hydrogens is 302 g/mol. The summed E-state index contributed by atoms with van der Waals surface area (Å²) in [4.78, 5) is 24.2. The van der Waals surface area contributed by atoms with Crippen molar-refractivity contribution in [3.8, 4) is 0 Å². The number of H-pyrrole nitrogens is 1. The Morgan fingerprint density at radius 2 is 2.25 bits per heavy atom. The van der Waals surface area contributed by atoms with Crippen LogP contribution >= 0.6 is 0 Å². The summed E-state index contributed by atoms with van der Waals surface area (Å²) < 4.78 is 0. The number of aromatic nitrogens is 2. The van der Waals surface area contributed by atoms with E-state index in [4.69, 9.17) is 0 Å². The molecule has 0 aliphatic carbocycles. The first kappa shape index (κ1) is 16.8. The Morgan fingerprint density at radius 1 is 1.42 bits per heavy atom. The predicted molar refractivity (Wildman–Crippen MR) is 96.0 cm³/mol. The zero-order chi connectivity index (χ0) is 16.9. The fourth-order valence-electron chi connectivity index (χ4n) is 3.37. The van der Waals surface area contributed by atoms with Crippen molar-refractivity contribution in [1.29, 1.82) is 0 Å². The van der Waals surface area contributed by atoms with Gasteiger partial charge in [0.05, 0.1) is 11.0 Å². The maximum Gasteiger partial charge on any atom is 0.317 e. The molecule has 1 atom stereocenters. The van der Waals surface area contributed by atoms with E-state index in [1.807, 2.05) is 29.2 Å². The molecular formula is C18H27N5O. The molecule has 3 rings (SSSR count). The van der Waals surface area contributed by atoms with Gasteiger partial charge >= 0.3 is 6.03 Å². The number of hydrogen-bond acceptors (Lipinski definition) is 3. The molecule has 130 valence electrons. The second-order valence-electron chi connectivity index (χ2n) is 6.90. The van der Waals surface area contributed by atoms with Crippen molar-refractivity contribution in [3.63, 3.8) is 0 Å². The smallest absolute Gasteiger partial charge is 0.317 e. The number of rotatable bonds is 6. The summed E-state index contributed by atoms with van der Waals surface area (Å²) in [6.45, 7) is 3.47. The quantitative estimate of drug-likeness (QED) is 0.798. The first-order chi connectivity index (χ1) is 11.6. The van der Waals surface area contributed by atoms with Crippen LogP contribution in [0.15, 0.2) is 24.3 Å². The fourth-order valence-corrected chi connectivity index (χ4v) is 3.37. The van der Waals surface area contributed by atoms with E-state index >= 15 is 0 Å². The Hall–Kier alpha value is -2.08. The molecule has 0 radical (unpaired) electrons. The molecule has 1 aromatic heterocycles. The molecule has 2 N–H and O–H groups in total. The van der Waals surface area contributed by atoms with Gasteiger partial charge in [-0.15, -0.1) is 0 Å². The number of likely N-dealkylation sites (tertiary alicyclic amines) is 1. The van der Waals surface area contributed by atoms with E-state index in [1.54, 1.807) is 0 Å². The summed E-state index contributed by atoms with van der Waals surface area (Å²) in [6.07, 6.45) is 2.84. The average Bonchev–Trinajstić information content (AvgIpc) is 3.17. The highest BCUT2D eigenvalue weighted by molar-refractivity contribution is 5.75. The monoisotopic (exact) mass is 329 g/mol. The second-order valence-corrected chi connectivity index (χ2v) is 6.90. The van der Waals surface area contributed by atoms with Gasteiger partial charge in [0, 0.05) is 32.6 Å². The van der Waals surface area contributed by atoms with Crippen molar-refractivity contribution in [3.05, 3.63) is 30.1 Å². The summed E-state index contributed by atoms with van der Waals surface area (Å²) >= 11 is 0. The summed E-state index contributed by atoms with van der Waals surface area (Å²) in [5.41, 5.74) is 2.07. The highest BCUT2D eigenvalue weighted by atomic mass is 16.2. The van der Waals surface area contributed by atoms with E-state index in [9.17, 15) is 4.79 Å². The molecule has 6 heteroatoms. The molecule has 0 saturated carbocycles. The van der Waals surface area contributed by atoms with Gasteiger partial charge in [0.25, 0.3) is 0 Å². The number of carbonyl (C=O) groups is 1. The van der Waals surface area contributed by atoms with Crippen LogP contribution in [0.2, 0.25) is 0 Å². The molecule has 2 aromatic rings. The number of hydrogen-bond donors (Lipinski definition) is 2. The number of aryl methyl sites for hydroxylation is 1. The van der Waals surface area contributed by atoms with Crippen molar-refractivity contribution in [2.75, 3.05) is 40.3 Å². The number of amides is 2. The number of aromatic amines is 1. The summed E-state index contributed by atoms with van der Waals surface area (Å²) in [7, 11) is 4.17. The standard InChI is InChI=1S/C18H27N5O/c1-22(2)12-14-9-11-23(13-14)18(24)19-10-5-8-17-20-15-6-3-4-7-16(15)21-17/h3-4,6-7,14H,5,8-13H2,1-2H3,(H,19,24)(H,20,21). The number of fused-ring (bicyclic) bond motifs is 1. The Balaban J connectivity index is 1.38. The van der Waals surface area contributed by atoms with Gasteiger partial charge in [-0.2, -0.15) is 0 Å². The van der Waals surface area contributed by atoms with Crippen LogP contribution in [0.1, 0.15) is 18.7 Å². The SMILES string of the molecule is CN(C)CC1CCN(C(=O)NCCCc2nc3ccccc3[nH]2)C1. The maximum absolute atomic E-state index is 12.2. The highest BCUT2D eigenvalue weighted by Gasteiger charge is 2.26. The number of carbonyl (C=O) groups excluding carboxylic acids is 1. The molecule has 1 aliphatic rings. The minimum atomic E-state index is 0.0702. The number of nitrogens with zero attached hydrogens (tertiary/aromatic N) is 3. The molecule has 24 heavy (non-hydrogen) atoms. The van der Waals surface area contributed by atoms with E-state index in [2.05, 4.69) is 34.3 Å². The van der Waals surface area contributed by atoms with Gasteiger partial charge in [-0.05, 0) is 45.0 Å². The van der Waals surface area contributed by atoms with Gasteiger partial charge in [0.1, 0.15) is 5.82 Å².